The van der Waals surface area contributed by atoms with Gasteiger partial charge in [-0.1, -0.05) is 29.8 Å². The normalized spacial score (nSPS) is 14.1. The summed E-state index contributed by atoms with van der Waals surface area (Å²) in [5.41, 5.74) is 11.5. The lowest BCUT2D eigenvalue weighted by molar-refractivity contribution is -0.115. The summed E-state index contributed by atoms with van der Waals surface area (Å²) in [5, 5.41) is 8.05. The number of anilines is 1. The van der Waals surface area contributed by atoms with Crippen molar-refractivity contribution in [1.82, 2.24) is 9.78 Å². The molecule has 0 radical (unpaired) electrons. The van der Waals surface area contributed by atoms with Crippen LogP contribution in [0.1, 0.15) is 17.5 Å². The Morgan fingerprint density at radius 1 is 1.19 bits per heavy atom. The van der Waals surface area contributed by atoms with Gasteiger partial charge in [-0.3, -0.25) is 9.48 Å². The van der Waals surface area contributed by atoms with Gasteiger partial charge in [0.1, 0.15) is 0 Å². The van der Waals surface area contributed by atoms with Gasteiger partial charge >= 0.3 is 0 Å². The van der Waals surface area contributed by atoms with Crippen molar-refractivity contribution in [2.24, 2.45) is 5.73 Å². The summed E-state index contributed by atoms with van der Waals surface area (Å²) >= 11 is 5.92. The van der Waals surface area contributed by atoms with E-state index >= 15 is 0 Å². The van der Waals surface area contributed by atoms with Crippen molar-refractivity contribution < 1.29 is 4.79 Å². The summed E-state index contributed by atoms with van der Waals surface area (Å²) in [6.45, 7) is 0.764. The molecule has 3 aromatic rings. The second-order valence-corrected chi connectivity index (χ2v) is 7.40. The van der Waals surface area contributed by atoms with Crippen LogP contribution in [0, 0.1) is 0 Å². The van der Waals surface area contributed by atoms with Crippen LogP contribution in [0.3, 0.4) is 0 Å². The predicted octanol–water partition coefficient (Wildman–Crippen LogP) is 3.66. The lowest BCUT2D eigenvalue weighted by Gasteiger charge is -2.11. The van der Waals surface area contributed by atoms with Crippen LogP contribution in [0.25, 0.3) is 11.1 Å². The standard InChI is InChI=1S/C21H21ClN4O/c22-18-4-1-14(2-5-18)9-19(23)7-8-26-13-17(12-24-26)15-3-6-20-16(10-15)11-21(27)25-20/h1-6,10,12-13,19H,7-9,11,23H2,(H,25,27)/t19-/m0/s1. The van der Waals surface area contributed by atoms with E-state index in [-0.39, 0.29) is 11.9 Å². The number of nitrogens with one attached hydrogen (secondary N) is 1. The van der Waals surface area contributed by atoms with E-state index in [9.17, 15) is 4.79 Å². The van der Waals surface area contributed by atoms with Gasteiger partial charge in [0, 0.05) is 35.1 Å². The molecule has 0 spiro atoms. The maximum atomic E-state index is 11.5. The molecule has 0 fully saturated rings. The second-order valence-electron chi connectivity index (χ2n) is 6.97. The van der Waals surface area contributed by atoms with E-state index in [0.29, 0.717) is 6.42 Å². The predicted molar refractivity (Wildman–Crippen MR) is 108 cm³/mol. The first-order valence-corrected chi connectivity index (χ1v) is 9.40. The van der Waals surface area contributed by atoms with Crippen LogP contribution in [-0.2, 0) is 24.2 Å². The van der Waals surface area contributed by atoms with Gasteiger partial charge in [-0.15, -0.1) is 0 Å². The molecule has 27 heavy (non-hydrogen) atoms. The number of hydrogen-bond donors (Lipinski definition) is 2. The average Bonchev–Trinajstić information content (AvgIpc) is 3.26. The molecule has 2 heterocycles. The van der Waals surface area contributed by atoms with Crippen LogP contribution in [0.2, 0.25) is 5.02 Å². The molecule has 6 heteroatoms. The molecule has 0 bridgehead atoms. The minimum absolute atomic E-state index is 0.0486. The van der Waals surface area contributed by atoms with E-state index in [1.54, 1.807) is 0 Å². The third-order valence-electron chi connectivity index (χ3n) is 4.84. The van der Waals surface area contributed by atoms with Crippen molar-refractivity contribution in [2.45, 2.75) is 31.8 Å². The highest BCUT2D eigenvalue weighted by Gasteiger charge is 2.18. The number of fused-ring (bicyclic) bond motifs is 1. The number of rotatable bonds is 6. The Bertz CT molecular complexity index is 965. The number of benzene rings is 2. The summed E-state index contributed by atoms with van der Waals surface area (Å²) in [6.07, 6.45) is 5.98. The summed E-state index contributed by atoms with van der Waals surface area (Å²) < 4.78 is 1.92. The van der Waals surface area contributed by atoms with E-state index in [1.165, 1.54) is 5.56 Å². The Balaban J connectivity index is 1.36. The number of nitrogens with zero attached hydrogens (tertiary/aromatic N) is 2. The lowest BCUT2D eigenvalue weighted by atomic mass is 10.0. The molecule has 1 amide bonds. The molecule has 0 aliphatic carbocycles. The molecule has 0 saturated heterocycles. The maximum absolute atomic E-state index is 11.5. The van der Waals surface area contributed by atoms with Gasteiger partial charge in [0.15, 0.2) is 0 Å². The molecule has 3 N–H and O–H groups in total. The van der Waals surface area contributed by atoms with Crippen LogP contribution in [-0.4, -0.2) is 21.7 Å². The molecule has 1 aliphatic rings. The first-order chi connectivity index (χ1) is 13.1. The minimum atomic E-state index is 0.0486. The monoisotopic (exact) mass is 380 g/mol. The van der Waals surface area contributed by atoms with E-state index < -0.39 is 0 Å². The Kier molecular flexibility index (Phi) is 4.97. The molecule has 5 nitrogen and oxygen atoms in total. The highest BCUT2D eigenvalue weighted by Crippen LogP contribution is 2.28. The molecular formula is C21H21ClN4O. The van der Waals surface area contributed by atoms with Crippen LogP contribution < -0.4 is 11.1 Å². The molecule has 2 aromatic carbocycles. The number of carbonyl (C=O) groups is 1. The Labute approximate surface area is 163 Å². The van der Waals surface area contributed by atoms with E-state index in [4.69, 9.17) is 17.3 Å². The van der Waals surface area contributed by atoms with Crippen LogP contribution in [0.15, 0.2) is 54.9 Å². The maximum Gasteiger partial charge on any atom is 0.228 e. The van der Waals surface area contributed by atoms with Crippen molar-refractivity contribution in [1.29, 1.82) is 0 Å². The average molecular weight is 381 g/mol. The summed E-state index contributed by atoms with van der Waals surface area (Å²) in [7, 11) is 0. The number of aromatic nitrogens is 2. The van der Waals surface area contributed by atoms with Gasteiger partial charge in [-0.2, -0.15) is 5.10 Å². The molecule has 0 unspecified atom stereocenters. The fraction of sp³-hybridized carbons (Fsp3) is 0.238. The molecule has 0 saturated carbocycles. The molecule has 1 aliphatic heterocycles. The topological polar surface area (TPSA) is 72.9 Å². The SMILES string of the molecule is N[C@@H](CCn1cc(-c2ccc3c(c2)CC(=O)N3)cn1)Cc1ccc(Cl)cc1. The number of amides is 1. The zero-order valence-electron chi connectivity index (χ0n) is 14.9. The fourth-order valence-corrected chi connectivity index (χ4v) is 3.49. The largest absolute Gasteiger partial charge is 0.327 e. The third-order valence-corrected chi connectivity index (χ3v) is 5.09. The van der Waals surface area contributed by atoms with Crippen molar-refractivity contribution >= 4 is 23.2 Å². The van der Waals surface area contributed by atoms with Crippen molar-refractivity contribution in [3.05, 3.63) is 71.0 Å². The zero-order chi connectivity index (χ0) is 18.8. The molecule has 138 valence electrons. The highest BCUT2D eigenvalue weighted by atomic mass is 35.5. The first-order valence-electron chi connectivity index (χ1n) is 9.02. The van der Waals surface area contributed by atoms with E-state index in [1.807, 2.05) is 53.5 Å². The van der Waals surface area contributed by atoms with Gasteiger partial charge in [-0.25, -0.2) is 0 Å². The number of hydrogen-bond acceptors (Lipinski definition) is 3. The van der Waals surface area contributed by atoms with Crippen molar-refractivity contribution in [2.75, 3.05) is 5.32 Å². The zero-order valence-corrected chi connectivity index (χ0v) is 15.6. The Morgan fingerprint density at radius 2 is 2.00 bits per heavy atom. The van der Waals surface area contributed by atoms with Gasteiger partial charge in [-0.05, 0) is 53.8 Å². The van der Waals surface area contributed by atoms with Gasteiger partial charge < -0.3 is 11.1 Å². The van der Waals surface area contributed by atoms with Crippen molar-refractivity contribution in [3.8, 4) is 11.1 Å². The summed E-state index contributed by atoms with van der Waals surface area (Å²) in [6, 6.07) is 13.9. The van der Waals surface area contributed by atoms with E-state index in [2.05, 4.69) is 16.5 Å². The Morgan fingerprint density at radius 3 is 2.81 bits per heavy atom. The second kappa shape index (κ2) is 7.55. The highest BCUT2D eigenvalue weighted by molar-refractivity contribution is 6.30. The van der Waals surface area contributed by atoms with Crippen LogP contribution in [0.4, 0.5) is 5.69 Å². The van der Waals surface area contributed by atoms with Crippen LogP contribution in [0.5, 0.6) is 0 Å². The van der Waals surface area contributed by atoms with Gasteiger partial charge in [0.25, 0.3) is 0 Å². The molecule has 4 rings (SSSR count). The molecule has 1 atom stereocenters. The quantitative estimate of drug-likeness (QED) is 0.685. The smallest absolute Gasteiger partial charge is 0.228 e. The van der Waals surface area contributed by atoms with Gasteiger partial charge in [0.05, 0.1) is 12.6 Å². The number of halogens is 1. The number of nitrogens with two attached hydrogens (primary N) is 1. The van der Waals surface area contributed by atoms with E-state index in [0.717, 1.165) is 46.8 Å². The number of carbonyl (C=O) groups excluding carboxylic acids is 1. The van der Waals surface area contributed by atoms with Gasteiger partial charge in [0.2, 0.25) is 5.91 Å². The Hall–Kier alpha value is -2.63. The summed E-state index contributed by atoms with van der Waals surface area (Å²) in [4.78, 5) is 11.5. The molecule has 1 aromatic heterocycles. The van der Waals surface area contributed by atoms with Crippen LogP contribution >= 0.6 is 11.6 Å². The summed E-state index contributed by atoms with van der Waals surface area (Å²) in [5.74, 6) is 0.0486. The first kappa shape index (κ1) is 17.8. The minimum Gasteiger partial charge on any atom is -0.327 e. The third kappa shape index (κ3) is 4.21. The number of aryl methyl sites for hydroxylation is 1. The molecular weight excluding hydrogens is 360 g/mol. The van der Waals surface area contributed by atoms with Crippen molar-refractivity contribution in [3.63, 3.8) is 0 Å². The fourth-order valence-electron chi connectivity index (χ4n) is 3.37. The lowest BCUT2D eigenvalue weighted by Crippen LogP contribution is -2.24.